The van der Waals surface area contributed by atoms with Crippen molar-refractivity contribution in [2.24, 2.45) is 5.41 Å². The summed E-state index contributed by atoms with van der Waals surface area (Å²) in [6.07, 6.45) is 8.13. The number of rotatable bonds is 7. The predicted octanol–water partition coefficient (Wildman–Crippen LogP) is 3.73. The molecule has 1 atom stereocenters. The molecule has 2 aliphatic rings. The first-order chi connectivity index (χ1) is 19.0. The number of hydrogen-bond acceptors (Lipinski definition) is 7. The van der Waals surface area contributed by atoms with Crippen LogP contribution in [0.2, 0.25) is 0 Å². The Morgan fingerprint density at radius 1 is 1.21 bits per heavy atom. The molecule has 198 valence electrons. The van der Waals surface area contributed by atoms with E-state index < -0.39 is 0 Å². The first kappa shape index (κ1) is 24.5. The minimum absolute atomic E-state index is 0.0445. The van der Waals surface area contributed by atoms with Gasteiger partial charge in [0.2, 0.25) is 5.91 Å². The first-order valence-electron chi connectivity index (χ1n) is 12.8. The predicted molar refractivity (Wildman–Crippen MR) is 144 cm³/mol. The third-order valence-corrected chi connectivity index (χ3v) is 7.46. The highest BCUT2D eigenvalue weighted by atomic mass is 16.5. The number of carbonyl (C=O) groups excluding carboxylic acids is 2. The van der Waals surface area contributed by atoms with E-state index in [9.17, 15) is 9.59 Å². The second-order valence-corrected chi connectivity index (χ2v) is 10.1. The standard InChI is InChI=1S/C28H28N8O3/c1-3-26(37)35-15-19(14-28(17-35)10-11-28)36-16-24(33-34-36)18-7-8-22(25(13-18)39-2)31-27(38)23-6-4-5-20(30-23)21-9-12-29-32-21/h3-9,12-13,16,19H,1,10-11,14-15,17H2,2H3,(H,29,32)(H,31,38). The molecule has 4 heterocycles. The number of H-pyrrole nitrogens is 1. The van der Waals surface area contributed by atoms with E-state index in [2.05, 4.69) is 37.4 Å². The number of amides is 2. The number of nitrogens with zero attached hydrogens (tertiary/aromatic N) is 6. The summed E-state index contributed by atoms with van der Waals surface area (Å²) in [5, 5.41) is 18.5. The van der Waals surface area contributed by atoms with E-state index in [4.69, 9.17) is 4.74 Å². The largest absolute Gasteiger partial charge is 0.495 e. The van der Waals surface area contributed by atoms with Crippen LogP contribution in [0.5, 0.6) is 5.75 Å². The fraction of sp³-hybridized carbons (Fsp3) is 0.286. The fourth-order valence-corrected chi connectivity index (χ4v) is 5.20. The van der Waals surface area contributed by atoms with Crippen molar-refractivity contribution < 1.29 is 14.3 Å². The number of pyridine rings is 1. The van der Waals surface area contributed by atoms with Crippen LogP contribution in [0.3, 0.4) is 0 Å². The topological polar surface area (TPSA) is 131 Å². The van der Waals surface area contributed by atoms with Gasteiger partial charge in [0.15, 0.2) is 0 Å². The van der Waals surface area contributed by atoms with E-state index >= 15 is 0 Å². The molecule has 2 amide bonds. The van der Waals surface area contributed by atoms with Gasteiger partial charge in [0.1, 0.15) is 17.1 Å². The van der Waals surface area contributed by atoms with Crippen molar-refractivity contribution >= 4 is 17.5 Å². The van der Waals surface area contributed by atoms with Gasteiger partial charge < -0.3 is 15.0 Å². The monoisotopic (exact) mass is 524 g/mol. The number of carbonyl (C=O) groups is 2. The quantitative estimate of drug-likeness (QED) is 0.352. The number of nitrogens with one attached hydrogen (secondary N) is 2. The Hall–Kier alpha value is -4.80. The van der Waals surface area contributed by atoms with Crippen molar-refractivity contribution in [1.29, 1.82) is 0 Å². The maximum Gasteiger partial charge on any atom is 0.274 e. The third-order valence-electron chi connectivity index (χ3n) is 7.46. The smallest absolute Gasteiger partial charge is 0.274 e. The summed E-state index contributed by atoms with van der Waals surface area (Å²) in [7, 11) is 1.55. The Labute approximate surface area is 224 Å². The SMILES string of the molecule is C=CC(=O)N1CC(n2cc(-c3ccc(NC(=O)c4cccc(-c5ccn[nH]5)n4)c(OC)c3)nn2)CC2(CC2)C1. The summed E-state index contributed by atoms with van der Waals surface area (Å²) in [4.78, 5) is 31.6. The summed E-state index contributed by atoms with van der Waals surface area (Å²) in [5.41, 5.74) is 3.77. The molecule has 1 saturated carbocycles. The van der Waals surface area contributed by atoms with Crippen LogP contribution in [0.4, 0.5) is 5.69 Å². The third kappa shape index (κ3) is 4.90. The number of ether oxygens (including phenoxy) is 1. The van der Waals surface area contributed by atoms with Crippen LogP contribution in [0.15, 0.2) is 67.5 Å². The van der Waals surface area contributed by atoms with E-state index in [-0.39, 0.29) is 29.0 Å². The van der Waals surface area contributed by atoms with Gasteiger partial charge in [-0.2, -0.15) is 5.10 Å². The van der Waals surface area contributed by atoms with Crippen LogP contribution < -0.4 is 10.1 Å². The molecular weight excluding hydrogens is 496 g/mol. The minimum Gasteiger partial charge on any atom is -0.495 e. The molecule has 1 saturated heterocycles. The van der Waals surface area contributed by atoms with E-state index in [1.54, 1.807) is 43.6 Å². The van der Waals surface area contributed by atoms with Crippen molar-refractivity contribution in [3.05, 3.63) is 73.2 Å². The van der Waals surface area contributed by atoms with Crippen molar-refractivity contribution in [1.82, 2.24) is 35.1 Å². The highest BCUT2D eigenvalue weighted by molar-refractivity contribution is 6.04. The van der Waals surface area contributed by atoms with Gasteiger partial charge in [-0.15, -0.1) is 5.10 Å². The number of benzene rings is 1. The van der Waals surface area contributed by atoms with E-state index in [1.165, 1.54) is 6.08 Å². The zero-order valence-electron chi connectivity index (χ0n) is 21.5. The highest BCUT2D eigenvalue weighted by Gasteiger charge is 2.49. The van der Waals surface area contributed by atoms with E-state index in [0.717, 1.165) is 37.1 Å². The molecule has 3 aromatic heterocycles. The maximum atomic E-state index is 13.0. The lowest BCUT2D eigenvalue weighted by Crippen LogP contribution is -2.45. The molecule has 1 aliphatic heterocycles. The van der Waals surface area contributed by atoms with Crippen LogP contribution in [0, 0.1) is 5.41 Å². The molecule has 1 aliphatic carbocycles. The molecule has 0 bridgehead atoms. The molecule has 11 heteroatoms. The number of aromatic amines is 1. The van der Waals surface area contributed by atoms with Gasteiger partial charge in [0, 0.05) is 24.8 Å². The molecule has 4 aromatic rings. The van der Waals surface area contributed by atoms with Crippen molar-refractivity contribution in [2.45, 2.75) is 25.3 Å². The van der Waals surface area contributed by atoms with Gasteiger partial charge in [-0.05, 0) is 61.1 Å². The number of aromatic nitrogens is 6. The fourth-order valence-electron chi connectivity index (χ4n) is 5.20. The van der Waals surface area contributed by atoms with E-state index in [1.807, 2.05) is 27.9 Å². The number of hydrogen-bond donors (Lipinski definition) is 2. The Morgan fingerprint density at radius 3 is 2.82 bits per heavy atom. The molecule has 11 nitrogen and oxygen atoms in total. The lowest BCUT2D eigenvalue weighted by atomic mass is 9.91. The summed E-state index contributed by atoms with van der Waals surface area (Å²) in [6, 6.07) is 12.5. The van der Waals surface area contributed by atoms with Crippen molar-refractivity contribution in [3.8, 4) is 28.4 Å². The summed E-state index contributed by atoms with van der Waals surface area (Å²) >= 11 is 0. The van der Waals surface area contributed by atoms with Crippen LogP contribution in [-0.4, -0.2) is 67.1 Å². The van der Waals surface area contributed by atoms with Gasteiger partial charge in [0.05, 0.1) is 36.4 Å². The molecule has 1 unspecified atom stereocenters. The average molecular weight is 525 g/mol. The zero-order chi connectivity index (χ0) is 27.0. The molecule has 6 rings (SSSR count). The molecule has 2 fully saturated rings. The lowest BCUT2D eigenvalue weighted by Gasteiger charge is -2.37. The van der Waals surface area contributed by atoms with Crippen LogP contribution >= 0.6 is 0 Å². The lowest BCUT2D eigenvalue weighted by molar-refractivity contribution is -0.129. The van der Waals surface area contributed by atoms with Crippen molar-refractivity contribution in [3.63, 3.8) is 0 Å². The Bertz CT molecular complexity index is 1540. The second kappa shape index (κ2) is 9.82. The first-order valence-corrected chi connectivity index (χ1v) is 12.8. The Kier molecular flexibility index (Phi) is 6.18. The normalized spacial score (nSPS) is 17.6. The van der Waals surface area contributed by atoms with Gasteiger partial charge in [-0.25, -0.2) is 9.67 Å². The summed E-state index contributed by atoms with van der Waals surface area (Å²) < 4.78 is 7.44. The minimum atomic E-state index is -0.363. The molecule has 39 heavy (non-hydrogen) atoms. The molecule has 0 radical (unpaired) electrons. The van der Waals surface area contributed by atoms with Gasteiger partial charge >= 0.3 is 0 Å². The van der Waals surface area contributed by atoms with Gasteiger partial charge in [0.25, 0.3) is 5.91 Å². The number of methoxy groups -OCH3 is 1. The Balaban J connectivity index is 1.19. The van der Waals surface area contributed by atoms with Crippen LogP contribution in [0.25, 0.3) is 22.6 Å². The second-order valence-electron chi connectivity index (χ2n) is 10.1. The Morgan fingerprint density at radius 2 is 2.08 bits per heavy atom. The highest BCUT2D eigenvalue weighted by Crippen LogP contribution is 2.54. The molecule has 1 aromatic carbocycles. The average Bonchev–Trinajstić information content (AvgIpc) is 3.36. The summed E-state index contributed by atoms with van der Waals surface area (Å²) in [6.45, 7) is 5.01. The molecule has 1 spiro atoms. The van der Waals surface area contributed by atoms with Gasteiger partial charge in [-0.1, -0.05) is 23.9 Å². The zero-order valence-corrected chi connectivity index (χ0v) is 21.5. The van der Waals surface area contributed by atoms with Crippen LogP contribution in [0.1, 0.15) is 35.8 Å². The number of likely N-dealkylation sites (tertiary alicyclic amines) is 1. The summed E-state index contributed by atoms with van der Waals surface area (Å²) in [5.74, 6) is 0.0766. The molecular formula is C28H28N8O3. The van der Waals surface area contributed by atoms with E-state index in [0.29, 0.717) is 29.4 Å². The molecule has 2 N–H and O–H groups in total. The van der Waals surface area contributed by atoms with Crippen molar-refractivity contribution in [2.75, 3.05) is 25.5 Å². The van der Waals surface area contributed by atoms with Gasteiger partial charge in [-0.3, -0.25) is 14.7 Å². The van der Waals surface area contributed by atoms with Crippen LogP contribution in [-0.2, 0) is 4.79 Å². The maximum absolute atomic E-state index is 13.0. The number of piperidine rings is 1. The number of anilines is 1.